The van der Waals surface area contributed by atoms with E-state index in [2.05, 4.69) is 6.58 Å². The minimum atomic E-state index is -0.811. The highest BCUT2D eigenvalue weighted by molar-refractivity contribution is 6.18. The normalized spacial score (nSPS) is 11.1. The summed E-state index contributed by atoms with van der Waals surface area (Å²) < 4.78 is 13.5. The number of carbonyl (C=O) groups excluding carboxylic acids is 2. The highest BCUT2D eigenvalue weighted by Gasteiger charge is 2.13. The minimum Gasteiger partial charge on any atom is -0.503 e. The van der Waals surface area contributed by atoms with Crippen LogP contribution in [0.1, 0.15) is 11.1 Å². The van der Waals surface area contributed by atoms with Crippen molar-refractivity contribution in [1.82, 2.24) is 4.90 Å². The Hall–Kier alpha value is -3.21. The van der Waals surface area contributed by atoms with Gasteiger partial charge in [0.25, 0.3) is 0 Å². The Morgan fingerprint density at radius 3 is 2.62 bits per heavy atom. The van der Waals surface area contributed by atoms with Crippen molar-refractivity contribution in [2.24, 2.45) is 0 Å². The number of aliphatic hydroxyl groups excluding tert-OH is 1. The van der Waals surface area contributed by atoms with Gasteiger partial charge in [0.05, 0.1) is 5.57 Å². The lowest BCUT2D eigenvalue weighted by Gasteiger charge is -2.18. The Bertz CT molecular complexity index is 887. The molecule has 0 spiro atoms. The fraction of sp³-hybridized carbons (Fsp3) is 0.143. The molecule has 0 heterocycles. The van der Waals surface area contributed by atoms with E-state index in [9.17, 15) is 19.1 Å². The highest BCUT2D eigenvalue weighted by Crippen LogP contribution is 2.26. The van der Waals surface area contributed by atoms with Crippen molar-refractivity contribution in [1.29, 1.82) is 0 Å². The van der Waals surface area contributed by atoms with E-state index in [4.69, 9.17) is 0 Å². The van der Waals surface area contributed by atoms with E-state index in [0.29, 0.717) is 18.4 Å². The number of aliphatic hydroxyl groups is 1. The number of ketones is 1. The fourth-order valence-electron chi connectivity index (χ4n) is 2.55. The molecule has 134 valence electrons. The standard InChI is InChI=1S/C21H20FNO3/c1-14-10-16(8-9-19(14)22)18-7-5-4-6-17(18)11-23(3)12-20(25)21(26)15(2)13-24/h4-10,12-13,25H,2,11H2,1,3H3/b20-12+. The second-order valence-corrected chi connectivity index (χ2v) is 6.02. The number of aryl methyl sites for hydroxylation is 1. The average molecular weight is 353 g/mol. The van der Waals surface area contributed by atoms with Gasteiger partial charge in [-0.15, -0.1) is 0 Å². The second kappa shape index (κ2) is 8.25. The zero-order chi connectivity index (χ0) is 19.3. The van der Waals surface area contributed by atoms with Crippen LogP contribution in [0.25, 0.3) is 11.1 Å². The summed E-state index contributed by atoms with van der Waals surface area (Å²) in [6.07, 6.45) is 1.56. The second-order valence-electron chi connectivity index (χ2n) is 6.02. The maximum Gasteiger partial charge on any atom is 0.231 e. The molecule has 0 aliphatic heterocycles. The van der Waals surface area contributed by atoms with Crippen LogP contribution in [0.4, 0.5) is 4.39 Å². The monoisotopic (exact) mass is 353 g/mol. The van der Waals surface area contributed by atoms with E-state index in [1.54, 1.807) is 31.0 Å². The van der Waals surface area contributed by atoms with E-state index in [1.807, 2.05) is 24.3 Å². The molecule has 2 aromatic carbocycles. The first kappa shape index (κ1) is 19.1. The maximum absolute atomic E-state index is 13.5. The molecule has 0 saturated carbocycles. The van der Waals surface area contributed by atoms with Gasteiger partial charge in [-0.2, -0.15) is 0 Å². The molecule has 0 aliphatic rings. The largest absolute Gasteiger partial charge is 0.503 e. The van der Waals surface area contributed by atoms with Crippen molar-refractivity contribution in [2.75, 3.05) is 7.05 Å². The number of hydrogen-bond acceptors (Lipinski definition) is 4. The molecule has 0 radical (unpaired) electrons. The van der Waals surface area contributed by atoms with E-state index < -0.39 is 11.5 Å². The van der Waals surface area contributed by atoms with Gasteiger partial charge in [-0.3, -0.25) is 9.59 Å². The zero-order valence-corrected chi connectivity index (χ0v) is 14.7. The number of nitrogens with zero attached hydrogens (tertiary/aromatic N) is 1. The van der Waals surface area contributed by atoms with Gasteiger partial charge in [0.1, 0.15) is 5.82 Å². The number of halogens is 1. The van der Waals surface area contributed by atoms with E-state index in [-0.39, 0.29) is 11.4 Å². The number of aldehydes is 1. The van der Waals surface area contributed by atoms with Crippen molar-refractivity contribution in [3.05, 3.63) is 83.5 Å². The minimum absolute atomic E-state index is 0.259. The summed E-state index contributed by atoms with van der Waals surface area (Å²) in [5.41, 5.74) is 2.99. The molecule has 2 aromatic rings. The van der Waals surface area contributed by atoms with Gasteiger partial charge in [-0.25, -0.2) is 4.39 Å². The summed E-state index contributed by atoms with van der Waals surface area (Å²) in [5, 5.41) is 9.83. The van der Waals surface area contributed by atoms with Crippen molar-refractivity contribution in [3.63, 3.8) is 0 Å². The van der Waals surface area contributed by atoms with Crippen LogP contribution in [0.2, 0.25) is 0 Å². The molecule has 5 heteroatoms. The lowest BCUT2D eigenvalue weighted by Crippen LogP contribution is -2.15. The number of rotatable bonds is 7. The lowest BCUT2D eigenvalue weighted by molar-refractivity contribution is -0.116. The van der Waals surface area contributed by atoms with Gasteiger partial charge in [0, 0.05) is 19.8 Å². The van der Waals surface area contributed by atoms with Crippen molar-refractivity contribution in [2.45, 2.75) is 13.5 Å². The predicted molar refractivity (Wildman–Crippen MR) is 99.0 cm³/mol. The maximum atomic E-state index is 13.5. The average Bonchev–Trinajstić information content (AvgIpc) is 2.63. The van der Waals surface area contributed by atoms with Crippen LogP contribution in [0.15, 0.2) is 66.6 Å². The molecule has 0 aliphatic carbocycles. The predicted octanol–water partition coefficient (Wildman–Crippen LogP) is 3.96. The highest BCUT2D eigenvalue weighted by atomic mass is 19.1. The first-order chi connectivity index (χ1) is 12.3. The molecular formula is C21H20FNO3. The molecule has 1 N–H and O–H groups in total. The van der Waals surface area contributed by atoms with Crippen molar-refractivity contribution < 1.29 is 19.1 Å². The molecular weight excluding hydrogens is 333 g/mol. The summed E-state index contributed by atoms with van der Waals surface area (Å²) in [5.74, 6) is -1.63. The summed E-state index contributed by atoms with van der Waals surface area (Å²) in [7, 11) is 1.69. The van der Waals surface area contributed by atoms with Gasteiger partial charge in [0.2, 0.25) is 5.78 Å². The van der Waals surface area contributed by atoms with Crippen LogP contribution in [0.3, 0.4) is 0 Å². The molecule has 0 amide bonds. The Morgan fingerprint density at radius 1 is 1.27 bits per heavy atom. The third-order valence-corrected chi connectivity index (χ3v) is 3.92. The molecule has 0 unspecified atom stereocenters. The van der Waals surface area contributed by atoms with Crippen LogP contribution in [-0.2, 0) is 16.1 Å². The molecule has 4 nitrogen and oxygen atoms in total. The first-order valence-electron chi connectivity index (χ1n) is 7.97. The first-order valence-corrected chi connectivity index (χ1v) is 7.97. The smallest absolute Gasteiger partial charge is 0.231 e. The number of benzene rings is 2. The van der Waals surface area contributed by atoms with Crippen LogP contribution in [0.5, 0.6) is 0 Å². The van der Waals surface area contributed by atoms with E-state index >= 15 is 0 Å². The van der Waals surface area contributed by atoms with Gasteiger partial charge in [0.15, 0.2) is 12.0 Å². The Kier molecular flexibility index (Phi) is 6.07. The number of carbonyl (C=O) groups is 2. The Morgan fingerprint density at radius 2 is 1.96 bits per heavy atom. The van der Waals surface area contributed by atoms with Gasteiger partial charge < -0.3 is 10.0 Å². The molecule has 2 rings (SSSR count). The SMILES string of the molecule is C=C(C=O)C(=O)/C(O)=C\N(C)Cc1ccccc1-c1ccc(F)c(C)c1. The summed E-state index contributed by atoms with van der Waals surface area (Å²) in [6.45, 7) is 5.40. The quantitative estimate of drug-likeness (QED) is 0.269. The van der Waals surface area contributed by atoms with Gasteiger partial charge in [-0.05, 0) is 41.3 Å². The topological polar surface area (TPSA) is 57.6 Å². The zero-order valence-electron chi connectivity index (χ0n) is 14.7. The Labute approximate surface area is 151 Å². The van der Waals surface area contributed by atoms with E-state index in [1.165, 1.54) is 12.3 Å². The lowest BCUT2D eigenvalue weighted by atomic mass is 9.98. The summed E-state index contributed by atoms with van der Waals surface area (Å²) >= 11 is 0. The third kappa shape index (κ3) is 4.45. The van der Waals surface area contributed by atoms with Gasteiger partial charge >= 0.3 is 0 Å². The van der Waals surface area contributed by atoms with E-state index in [0.717, 1.165) is 16.7 Å². The van der Waals surface area contributed by atoms with Crippen LogP contribution in [-0.4, -0.2) is 29.1 Å². The molecule has 0 saturated heterocycles. The Balaban J connectivity index is 2.27. The number of hydrogen-bond donors (Lipinski definition) is 1. The molecule has 26 heavy (non-hydrogen) atoms. The van der Waals surface area contributed by atoms with Crippen LogP contribution >= 0.6 is 0 Å². The summed E-state index contributed by atoms with van der Waals surface area (Å²) in [4.78, 5) is 23.9. The number of Topliss-reactive ketones (excluding diaryl/α,β-unsaturated/α-hetero) is 1. The van der Waals surface area contributed by atoms with Crippen molar-refractivity contribution in [3.8, 4) is 11.1 Å². The van der Waals surface area contributed by atoms with Gasteiger partial charge in [-0.1, -0.05) is 36.9 Å². The van der Waals surface area contributed by atoms with Crippen LogP contribution in [0, 0.1) is 12.7 Å². The van der Waals surface area contributed by atoms with Crippen molar-refractivity contribution >= 4 is 12.1 Å². The number of allylic oxidation sites excluding steroid dienone is 1. The molecule has 0 fully saturated rings. The van der Waals surface area contributed by atoms with Crippen LogP contribution < -0.4 is 0 Å². The fourth-order valence-corrected chi connectivity index (χ4v) is 2.55. The molecule has 0 atom stereocenters. The molecule has 0 aromatic heterocycles. The third-order valence-electron chi connectivity index (χ3n) is 3.92. The summed E-state index contributed by atoms with van der Waals surface area (Å²) in [6, 6.07) is 12.5. The molecule has 0 bridgehead atoms.